The smallest absolute Gasteiger partial charge is 0.129 e. The minimum atomic E-state index is 0.389. The number of pyridine rings is 1. The van der Waals surface area contributed by atoms with Crippen LogP contribution in [0, 0.1) is 11.8 Å². The zero-order valence-electron chi connectivity index (χ0n) is 11.4. The lowest BCUT2D eigenvalue weighted by molar-refractivity contribution is 0.295. The maximum atomic E-state index is 6.07. The molecule has 3 unspecified atom stereocenters. The van der Waals surface area contributed by atoms with E-state index in [0.717, 1.165) is 18.1 Å². The number of hydrogen-bond donors (Lipinski definition) is 1. The summed E-state index contributed by atoms with van der Waals surface area (Å²) < 4.78 is 0. The van der Waals surface area contributed by atoms with E-state index in [9.17, 15) is 0 Å². The molecule has 0 spiro atoms. The summed E-state index contributed by atoms with van der Waals surface area (Å²) in [5.74, 6) is 2.40. The molecule has 2 N–H and O–H groups in total. The predicted molar refractivity (Wildman–Crippen MR) is 76.9 cm³/mol. The van der Waals surface area contributed by atoms with Gasteiger partial charge in [-0.2, -0.15) is 0 Å². The van der Waals surface area contributed by atoms with Gasteiger partial charge in [-0.3, -0.25) is 0 Å². The first-order valence-corrected chi connectivity index (χ1v) is 7.02. The predicted octanol–water partition coefficient (Wildman–Crippen LogP) is 3.06. The van der Waals surface area contributed by atoms with Gasteiger partial charge in [-0.1, -0.05) is 25.4 Å². The molecule has 1 aliphatic rings. The fraction of sp³-hybridized carbons (Fsp3) is 0.643. The molecule has 0 saturated carbocycles. The summed E-state index contributed by atoms with van der Waals surface area (Å²) in [5, 5.41) is 0.659. The highest BCUT2D eigenvalue weighted by molar-refractivity contribution is 6.31. The third-order valence-corrected chi connectivity index (χ3v) is 4.33. The van der Waals surface area contributed by atoms with Crippen LogP contribution in [0.5, 0.6) is 0 Å². The van der Waals surface area contributed by atoms with Crippen molar-refractivity contribution < 1.29 is 0 Å². The molecular formula is C14H22ClN3. The third kappa shape index (κ3) is 2.62. The molecule has 18 heavy (non-hydrogen) atoms. The highest BCUT2D eigenvalue weighted by Crippen LogP contribution is 2.31. The van der Waals surface area contributed by atoms with Crippen molar-refractivity contribution in [3.8, 4) is 0 Å². The van der Waals surface area contributed by atoms with Crippen LogP contribution in [0.25, 0.3) is 0 Å². The van der Waals surface area contributed by atoms with Gasteiger partial charge in [-0.15, -0.1) is 0 Å². The highest BCUT2D eigenvalue weighted by Gasteiger charge is 2.29. The maximum Gasteiger partial charge on any atom is 0.129 e. The van der Waals surface area contributed by atoms with E-state index in [-0.39, 0.29) is 0 Å². The molecule has 1 aliphatic heterocycles. The molecule has 0 aliphatic carbocycles. The minimum absolute atomic E-state index is 0.389. The Kier molecular flexibility index (Phi) is 4.13. The number of anilines is 1. The monoisotopic (exact) mass is 267 g/mol. The summed E-state index contributed by atoms with van der Waals surface area (Å²) in [5.41, 5.74) is 6.46. The van der Waals surface area contributed by atoms with Crippen LogP contribution in [0.15, 0.2) is 12.1 Å². The highest BCUT2D eigenvalue weighted by atomic mass is 35.5. The Morgan fingerprint density at radius 3 is 2.78 bits per heavy atom. The molecule has 1 saturated heterocycles. The Morgan fingerprint density at radius 1 is 1.39 bits per heavy atom. The lowest BCUT2D eigenvalue weighted by Crippen LogP contribution is -2.46. The molecule has 1 aromatic heterocycles. The van der Waals surface area contributed by atoms with Crippen LogP contribution in [-0.2, 0) is 6.54 Å². The van der Waals surface area contributed by atoms with Gasteiger partial charge in [-0.25, -0.2) is 4.98 Å². The van der Waals surface area contributed by atoms with Gasteiger partial charge in [0.2, 0.25) is 0 Å². The largest absolute Gasteiger partial charge is 0.353 e. The van der Waals surface area contributed by atoms with Crippen LogP contribution >= 0.6 is 11.6 Å². The van der Waals surface area contributed by atoms with Crippen LogP contribution in [0.3, 0.4) is 0 Å². The molecule has 2 heterocycles. The normalized spacial score (nSPS) is 28.5. The Labute approximate surface area is 114 Å². The Hall–Kier alpha value is -0.800. The Balaban J connectivity index is 2.29. The first-order chi connectivity index (χ1) is 8.52. The van der Waals surface area contributed by atoms with E-state index in [0.29, 0.717) is 29.4 Å². The summed E-state index contributed by atoms with van der Waals surface area (Å²) in [6.07, 6.45) is 1.29. The molecular weight excluding hydrogens is 246 g/mol. The fourth-order valence-corrected chi connectivity index (χ4v) is 2.98. The molecule has 100 valence electrons. The molecule has 0 bridgehead atoms. The molecule has 2 rings (SSSR count). The van der Waals surface area contributed by atoms with E-state index in [1.165, 1.54) is 6.42 Å². The second kappa shape index (κ2) is 5.45. The molecule has 3 nitrogen and oxygen atoms in total. The van der Waals surface area contributed by atoms with Crippen LogP contribution < -0.4 is 10.6 Å². The molecule has 1 fully saturated rings. The fourth-order valence-electron chi connectivity index (χ4n) is 2.79. The van der Waals surface area contributed by atoms with Crippen LogP contribution in [0.1, 0.15) is 32.9 Å². The van der Waals surface area contributed by atoms with Crippen molar-refractivity contribution in [3.63, 3.8) is 0 Å². The Morgan fingerprint density at radius 2 is 2.11 bits per heavy atom. The van der Waals surface area contributed by atoms with E-state index in [4.69, 9.17) is 17.3 Å². The SMILES string of the molecule is CC1CC(C)C(C)N(c2ccc(Cl)c(CN)n2)C1. The molecule has 4 heteroatoms. The summed E-state index contributed by atoms with van der Waals surface area (Å²) in [4.78, 5) is 6.99. The zero-order valence-corrected chi connectivity index (χ0v) is 12.1. The standard InChI is InChI=1S/C14H22ClN3/c1-9-6-10(2)11(3)18(8-9)14-5-4-12(15)13(7-16)17-14/h4-5,9-11H,6-8,16H2,1-3H3. The van der Waals surface area contributed by atoms with Crippen LogP contribution in [0.4, 0.5) is 5.82 Å². The van der Waals surface area contributed by atoms with Crippen LogP contribution in [0.2, 0.25) is 5.02 Å². The van der Waals surface area contributed by atoms with Gasteiger partial charge in [-0.05, 0) is 37.3 Å². The summed E-state index contributed by atoms with van der Waals surface area (Å²) in [6, 6.07) is 4.42. The number of piperidine rings is 1. The van der Waals surface area contributed by atoms with Gasteiger partial charge in [0, 0.05) is 19.1 Å². The van der Waals surface area contributed by atoms with E-state index in [1.807, 2.05) is 12.1 Å². The number of nitrogens with two attached hydrogens (primary N) is 1. The quantitative estimate of drug-likeness (QED) is 0.896. The first-order valence-electron chi connectivity index (χ1n) is 6.65. The average molecular weight is 268 g/mol. The van der Waals surface area contributed by atoms with E-state index >= 15 is 0 Å². The van der Waals surface area contributed by atoms with Crippen molar-refractivity contribution in [2.75, 3.05) is 11.4 Å². The molecule has 0 aromatic carbocycles. The third-order valence-electron chi connectivity index (χ3n) is 3.99. The lowest BCUT2D eigenvalue weighted by atomic mass is 9.86. The lowest BCUT2D eigenvalue weighted by Gasteiger charge is -2.42. The van der Waals surface area contributed by atoms with Crippen molar-refractivity contribution >= 4 is 17.4 Å². The molecule has 0 radical (unpaired) electrons. The maximum absolute atomic E-state index is 6.07. The second-order valence-corrected chi connectivity index (χ2v) is 5.92. The summed E-state index contributed by atoms with van der Waals surface area (Å²) in [7, 11) is 0. The van der Waals surface area contributed by atoms with Gasteiger partial charge in [0.05, 0.1) is 10.7 Å². The number of aromatic nitrogens is 1. The summed E-state index contributed by atoms with van der Waals surface area (Å²) in [6.45, 7) is 8.33. The van der Waals surface area contributed by atoms with E-state index < -0.39 is 0 Å². The number of halogens is 1. The van der Waals surface area contributed by atoms with Gasteiger partial charge in [0.25, 0.3) is 0 Å². The van der Waals surface area contributed by atoms with Gasteiger partial charge >= 0.3 is 0 Å². The van der Waals surface area contributed by atoms with Crippen molar-refractivity contribution in [1.82, 2.24) is 4.98 Å². The topological polar surface area (TPSA) is 42.1 Å². The van der Waals surface area contributed by atoms with Crippen LogP contribution in [-0.4, -0.2) is 17.6 Å². The van der Waals surface area contributed by atoms with Crippen molar-refractivity contribution in [3.05, 3.63) is 22.8 Å². The van der Waals surface area contributed by atoms with E-state index in [2.05, 4.69) is 30.7 Å². The number of nitrogens with zero attached hydrogens (tertiary/aromatic N) is 2. The molecule has 3 atom stereocenters. The van der Waals surface area contributed by atoms with Gasteiger partial charge < -0.3 is 10.6 Å². The van der Waals surface area contributed by atoms with Gasteiger partial charge in [0.1, 0.15) is 5.82 Å². The van der Waals surface area contributed by atoms with Gasteiger partial charge in [0.15, 0.2) is 0 Å². The number of rotatable bonds is 2. The zero-order chi connectivity index (χ0) is 13.3. The summed E-state index contributed by atoms with van der Waals surface area (Å²) >= 11 is 6.07. The average Bonchev–Trinajstić information content (AvgIpc) is 2.34. The minimum Gasteiger partial charge on any atom is -0.353 e. The number of hydrogen-bond acceptors (Lipinski definition) is 3. The van der Waals surface area contributed by atoms with E-state index in [1.54, 1.807) is 0 Å². The van der Waals surface area contributed by atoms with Crippen molar-refractivity contribution in [2.45, 2.75) is 39.8 Å². The molecule has 1 aromatic rings. The van der Waals surface area contributed by atoms with Crippen molar-refractivity contribution in [1.29, 1.82) is 0 Å². The molecule has 0 amide bonds. The first kappa shape index (κ1) is 13.6. The second-order valence-electron chi connectivity index (χ2n) is 5.51. The van der Waals surface area contributed by atoms with Crippen molar-refractivity contribution in [2.24, 2.45) is 17.6 Å². The Bertz CT molecular complexity index is 422.